The summed E-state index contributed by atoms with van der Waals surface area (Å²) in [6.07, 6.45) is 9.17. The molecule has 1 aliphatic rings. The lowest BCUT2D eigenvalue weighted by molar-refractivity contribution is 0.0953. The van der Waals surface area contributed by atoms with Gasteiger partial charge in [-0.1, -0.05) is 12.1 Å². The molecule has 0 aromatic carbocycles. The second-order valence-corrected chi connectivity index (χ2v) is 7.19. The fourth-order valence-electron chi connectivity index (χ4n) is 3.73. The van der Waals surface area contributed by atoms with Crippen molar-refractivity contribution in [2.75, 3.05) is 18.0 Å². The Morgan fingerprint density at radius 2 is 1.90 bits per heavy atom. The summed E-state index contributed by atoms with van der Waals surface area (Å²) in [6, 6.07) is 15.9. The Morgan fingerprint density at radius 1 is 1.03 bits per heavy atom. The molecule has 1 atom stereocenters. The van der Waals surface area contributed by atoms with E-state index in [0.717, 1.165) is 49.4 Å². The minimum Gasteiger partial charge on any atom is -0.352 e. The van der Waals surface area contributed by atoms with Crippen LogP contribution in [-0.2, 0) is 6.42 Å². The van der Waals surface area contributed by atoms with Gasteiger partial charge in [-0.15, -0.1) is 0 Å². The van der Waals surface area contributed by atoms with E-state index >= 15 is 0 Å². The smallest absolute Gasteiger partial charge is 0.252 e. The van der Waals surface area contributed by atoms with Crippen molar-refractivity contribution >= 4 is 11.7 Å². The van der Waals surface area contributed by atoms with Crippen molar-refractivity contribution < 1.29 is 4.79 Å². The Labute approximate surface area is 171 Å². The standard InChI is InChI=1S/C23H25N5O/c29-23(26-15-5-8-19-7-1-3-13-24-19)18-11-12-22(27-17-18)28-16-6-10-21(28)20-9-2-4-14-25-20/h1-4,7,9,11-14,17,21H,5-6,8,10,15-16H2,(H,26,29)/t21-/m1/s1. The number of hydrogen-bond acceptors (Lipinski definition) is 5. The molecular formula is C23H25N5O. The number of nitrogens with one attached hydrogen (secondary N) is 1. The zero-order valence-electron chi connectivity index (χ0n) is 16.4. The van der Waals surface area contributed by atoms with Crippen LogP contribution in [0.25, 0.3) is 0 Å². The van der Waals surface area contributed by atoms with E-state index in [0.29, 0.717) is 12.1 Å². The molecule has 1 fully saturated rings. The van der Waals surface area contributed by atoms with Crippen LogP contribution in [0.2, 0.25) is 0 Å². The van der Waals surface area contributed by atoms with Crippen molar-refractivity contribution in [3.63, 3.8) is 0 Å². The van der Waals surface area contributed by atoms with Crippen molar-refractivity contribution in [2.45, 2.75) is 31.7 Å². The van der Waals surface area contributed by atoms with Crippen LogP contribution in [0.3, 0.4) is 0 Å². The van der Waals surface area contributed by atoms with Gasteiger partial charge in [-0.05, 0) is 62.1 Å². The molecule has 148 valence electrons. The van der Waals surface area contributed by atoms with E-state index in [2.05, 4.69) is 31.2 Å². The summed E-state index contributed by atoms with van der Waals surface area (Å²) in [5.74, 6) is 0.803. The topological polar surface area (TPSA) is 71.0 Å². The first-order chi connectivity index (χ1) is 14.3. The van der Waals surface area contributed by atoms with Crippen LogP contribution in [-0.4, -0.2) is 33.9 Å². The van der Waals surface area contributed by atoms with E-state index in [1.165, 1.54) is 0 Å². The third-order valence-corrected chi connectivity index (χ3v) is 5.21. The van der Waals surface area contributed by atoms with Gasteiger partial charge in [0.15, 0.2) is 0 Å². The summed E-state index contributed by atoms with van der Waals surface area (Å²) in [4.78, 5) is 28.0. The summed E-state index contributed by atoms with van der Waals surface area (Å²) in [7, 11) is 0. The Hall–Kier alpha value is -3.28. The molecule has 1 amide bonds. The highest BCUT2D eigenvalue weighted by Crippen LogP contribution is 2.34. The minimum absolute atomic E-state index is 0.0900. The Bertz CT molecular complexity index is 915. The SMILES string of the molecule is O=C(NCCCc1ccccn1)c1ccc(N2CCC[C@@H]2c2ccccn2)nc1. The Morgan fingerprint density at radius 3 is 2.62 bits per heavy atom. The molecule has 0 aliphatic carbocycles. The van der Waals surface area contributed by atoms with Crippen molar-refractivity contribution in [3.05, 3.63) is 84.1 Å². The van der Waals surface area contributed by atoms with Gasteiger partial charge < -0.3 is 10.2 Å². The minimum atomic E-state index is -0.0900. The van der Waals surface area contributed by atoms with Gasteiger partial charge in [-0.25, -0.2) is 4.98 Å². The van der Waals surface area contributed by atoms with Gasteiger partial charge in [-0.2, -0.15) is 0 Å². The normalized spacial score (nSPS) is 16.0. The highest BCUT2D eigenvalue weighted by molar-refractivity contribution is 5.94. The molecule has 29 heavy (non-hydrogen) atoms. The number of rotatable bonds is 7. The molecule has 3 aromatic rings. The van der Waals surface area contributed by atoms with Crippen molar-refractivity contribution in [1.82, 2.24) is 20.3 Å². The van der Waals surface area contributed by atoms with Gasteiger partial charge in [0.2, 0.25) is 0 Å². The van der Waals surface area contributed by atoms with E-state index < -0.39 is 0 Å². The summed E-state index contributed by atoms with van der Waals surface area (Å²) in [5.41, 5.74) is 2.70. The van der Waals surface area contributed by atoms with Crippen LogP contribution in [0.5, 0.6) is 0 Å². The average Bonchev–Trinajstić information content (AvgIpc) is 3.28. The molecule has 0 spiro atoms. The van der Waals surface area contributed by atoms with Crippen LogP contribution in [0.4, 0.5) is 5.82 Å². The van der Waals surface area contributed by atoms with E-state index in [1.54, 1.807) is 12.4 Å². The molecule has 4 heterocycles. The van der Waals surface area contributed by atoms with Gasteiger partial charge in [0.05, 0.1) is 17.3 Å². The van der Waals surface area contributed by atoms with Gasteiger partial charge in [0.1, 0.15) is 5.82 Å². The largest absolute Gasteiger partial charge is 0.352 e. The molecule has 1 N–H and O–H groups in total. The molecule has 0 bridgehead atoms. The lowest BCUT2D eigenvalue weighted by atomic mass is 10.1. The predicted octanol–water partition coefficient (Wildman–Crippen LogP) is 3.58. The molecule has 6 heteroatoms. The Balaban J connectivity index is 1.32. The first-order valence-electron chi connectivity index (χ1n) is 10.1. The molecule has 0 saturated carbocycles. The number of carbonyl (C=O) groups is 1. The van der Waals surface area contributed by atoms with Gasteiger partial charge in [0.25, 0.3) is 5.91 Å². The van der Waals surface area contributed by atoms with Crippen LogP contribution < -0.4 is 10.2 Å². The van der Waals surface area contributed by atoms with E-state index in [4.69, 9.17) is 0 Å². The van der Waals surface area contributed by atoms with Crippen LogP contribution in [0.15, 0.2) is 67.1 Å². The number of carbonyl (C=O) groups excluding carboxylic acids is 1. The zero-order chi connectivity index (χ0) is 19.9. The second kappa shape index (κ2) is 9.28. The molecular weight excluding hydrogens is 362 g/mol. The van der Waals surface area contributed by atoms with Gasteiger partial charge in [-0.3, -0.25) is 14.8 Å². The average molecular weight is 387 g/mol. The van der Waals surface area contributed by atoms with Gasteiger partial charge in [0, 0.05) is 37.4 Å². The van der Waals surface area contributed by atoms with Crippen LogP contribution in [0.1, 0.15) is 47.1 Å². The fourth-order valence-corrected chi connectivity index (χ4v) is 3.73. The van der Waals surface area contributed by atoms with Crippen LogP contribution in [0, 0.1) is 0 Å². The van der Waals surface area contributed by atoms with E-state index in [-0.39, 0.29) is 11.9 Å². The number of aromatic nitrogens is 3. The number of anilines is 1. The molecule has 0 unspecified atom stereocenters. The molecule has 4 rings (SSSR count). The number of pyridine rings is 3. The number of hydrogen-bond donors (Lipinski definition) is 1. The summed E-state index contributed by atoms with van der Waals surface area (Å²) in [5, 5.41) is 2.96. The maximum Gasteiger partial charge on any atom is 0.252 e. The zero-order valence-corrected chi connectivity index (χ0v) is 16.4. The molecule has 3 aromatic heterocycles. The van der Waals surface area contributed by atoms with Gasteiger partial charge >= 0.3 is 0 Å². The summed E-state index contributed by atoms with van der Waals surface area (Å²) >= 11 is 0. The first kappa shape index (κ1) is 19.1. The predicted molar refractivity (Wildman–Crippen MR) is 113 cm³/mol. The maximum atomic E-state index is 12.4. The molecule has 1 aliphatic heterocycles. The molecule has 6 nitrogen and oxygen atoms in total. The number of aryl methyl sites for hydroxylation is 1. The lowest BCUT2D eigenvalue weighted by Gasteiger charge is -2.25. The fraction of sp³-hybridized carbons (Fsp3) is 0.304. The summed E-state index contributed by atoms with van der Waals surface area (Å²) < 4.78 is 0. The molecule has 0 radical (unpaired) electrons. The lowest BCUT2D eigenvalue weighted by Crippen LogP contribution is -2.26. The summed E-state index contributed by atoms with van der Waals surface area (Å²) in [6.45, 7) is 1.57. The highest BCUT2D eigenvalue weighted by Gasteiger charge is 2.28. The third-order valence-electron chi connectivity index (χ3n) is 5.21. The monoisotopic (exact) mass is 387 g/mol. The molecule has 1 saturated heterocycles. The third kappa shape index (κ3) is 4.77. The van der Waals surface area contributed by atoms with Crippen molar-refractivity contribution in [1.29, 1.82) is 0 Å². The number of nitrogens with zero attached hydrogens (tertiary/aromatic N) is 4. The number of amides is 1. The van der Waals surface area contributed by atoms with E-state index in [1.807, 2.05) is 48.7 Å². The Kier molecular flexibility index (Phi) is 6.10. The van der Waals surface area contributed by atoms with Crippen molar-refractivity contribution in [3.8, 4) is 0 Å². The quantitative estimate of drug-likeness (QED) is 0.628. The van der Waals surface area contributed by atoms with Crippen molar-refractivity contribution in [2.24, 2.45) is 0 Å². The first-order valence-corrected chi connectivity index (χ1v) is 10.1. The highest BCUT2D eigenvalue weighted by atomic mass is 16.1. The van der Waals surface area contributed by atoms with E-state index in [9.17, 15) is 4.79 Å². The second-order valence-electron chi connectivity index (χ2n) is 7.19. The van der Waals surface area contributed by atoms with Crippen LogP contribution >= 0.6 is 0 Å². The maximum absolute atomic E-state index is 12.4.